The van der Waals surface area contributed by atoms with Crippen molar-refractivity contribution in [1.29, 1.82) is 0 Å². The fourth-order valence-electron chi connectivity index (χ4n) is 3.16. The number of benzene rings is 2. The van der Waals surface area contributed by atoms with Gasteiger partial charge in [-0.3, -0.25) is 19.2 Å². The van der Waals surface area contributed by atoms with Crippen LogP contribution < -0.4 is 10.6 Å². The molecule has 170 valence electrons. The number of nitrogens with zero attached hydrogens (tertiary/aromatic N) is 1. The summed E-state index contributed by atoms with van der Waals surface area (Å²) in [4.78, 5) is 49.7. The van der Waals surface area contributed by atoms with Crippen LogP contribution in [0.15, 0.2) is 36.4 Å². The Labute approximate surface area is 187 Å². The first kappa shape index (κ1) is 24.6. The lowest BCUT2D eigenvalue weighted by molar-refractivity contribution is -0.150. The van der Waals surface area contributed by atoms with Crippen molar-refractivity contribution in [3.63, 3.8) is 0 Å². The van der Waals surface area contributed by atoms with Gasteiger partial charge in [0.1, 0.15) is 6.54 Å². The molecule has 32 heavy (non-hydrogen) atoms. The molecule has 2 aromatic carbocycles. The van der Waals surface area contributed by atoms with Crippen LogP contribution in [0.5, 0.6) is 0 Å². The molecule has 2 rings (SSSR count). The van der Waals surface area contributed by atoms with Gasteiger partial charge in [-0.2, -0.15) is 0 Å². The number of anilines is 1. The summed E-state index contributed by atoms with van der Waals surface area (Å²) in [6.45, 7) is 6.45. The van der Waals surface area contributed by atoms with Crippen molar-refractivity contribution in [2.24, 2.45) is 0 Å². The number of likely N-dealkylation sites (N-methyl/N-ethyl adjacent to an activating group) is 1. The maximum absolute atomic E-state index is 12.3. The predicted molar refractivity (Wildman–Crippen MR) is 121 cm³/mol. The van der Waals surface area contributed by atoms with Gasteiger partial charge >= 0.3 is 5.97 Å². The number of amides is 3. The van der Waals surface area contributed by atoms with E-state index in [1.54, 1.807) is 12.1 Å². The summed E-state index contributed by atoms with van der Waals surface area (Å²) in [5.74, 6) is -2.04. The fraction of sp³-hybridized carbons (Fsp3) is 0.333. The number of nitrogens with one attached hydrogen (secondary N) is 2. The van der Waals surface area contributed by atoms with E-state index in [0.717, 1.165) is 22.3 Å². The highest BCUT2D eigenvalue weighted by atomic mass is 16.5. The minimum Gasteiger partial charge on any atom is -0.454 e. The Bertz CT molecular complexity index is 992. The van der Waals surface area contributed by atoms with Crippen LogP contribution in [-0.4, -0.2) is 55.3 Å². The van der Waals surface area contributed by atoms with Crippen LogP contribution in [0.2, 0.25) is 0 Å². The van der Waals surface area contributed by atoms with E-state index < -0.39 is 24.4 Å². The highest BCUT2D eigenvalue weighted by Crippen LogP contribution is 2.19. The summed E-state index contributed by atoms with van der Waals surface area (Å²) in [6, 6.07) is 11.0. The predicted octanol–water partition coefficient (Wildman–Crippen LogP) is 2.29. The number of carbonyl (C=O) groups excluding carboxylic acids is 4. The first-order valence-electron chi connectivity index (χ1n) is 10.2. The molecule has 0 saturated heterocycles. The van der Waals surface area contributed by atoms with Gasteiger partial charge in [0, 0.05) is 18.3 Å². The summed E-state index contributed by atoms with van der Waals surface area (Å²) in [6.07, 6.45) is 0. The summed E-state index contributed by atoms with van der Waals surface area (Å²) in [5, 5.41) is 5.27. The van der Waals surface area contributed by atoms with Crippen LogP contribution in [0.25, 0.3) is 0 Å². The zero-order valence-corrected chi connectivity index (χ0v) is 19.1. The maximum atomic E-state index is 12.3. The highest BCUT2D eigenvalue weighted by molar-refractivity contribution is 5.97. The van der Waals surface area contributed by atoms with E-state index in [-0.39, 0.29) is 19.0 Å². The van der Waals surface area contributed by atoms with E-state index >= 15 is 0 Å². The monoisotopic (exact) mass is 439 g/mol. The van der Waals surface area contributed by atoms with Gasteiger partial charge in [0.05, 0.1) is 6.54 Å². The summed E-state index contributed by atoms with van der Waals surface area (Å²) < 4.78 is 4.92. The fourth-order valence-corrected chi connectivity index (χ4v) is 3.16. The molecule has 0 radical (unpaired) electrons. The molecule has 0 saturated carbocycles. The third-order valence-corrected chi connectivity index (χ3v) is 4.79. The van der Waals surface area contributed by atoms with Gasteiger partial charge in [-0.15, -0.1) is 0 Å². The van der Waals surface area contributed by atoms with E-state index in [1.165, 1.54) is 11.9 Å². The second-order valence-electron chi connectivity index (χ2n) is 7.78. The molecule has 0 atom stereocenters. The van der Waals surface area contributed by atoms with Crippen molar-refractivity contribution in [1.82, 2.24) is 10.2 Å². The summed E-state index contributed by atoms with van der Waals surface area (Å²) in [7, 11) is 1.45. The first-order chi connectivity index (χ1) is 15.1. The molecule has 0 fully saturated rings. The third kappa shape index (κ3) is 7.23. The molecule has 0 aliphatic rings. The average Bonchev–Trinajstić information content (AvgIpc) is 2.72. The summed E-state index contributed by atoms with van der Waals surface area (Å²) in [5.41, 5.74) is 4.87. The van der Waals surface area contributed by atoms with Gasteiger partial charge in [0.15, 0.2) is 6.61 Å². The minimum atomic E-state index is -0.746. The highest BCUT2D eigenvalue weighted by Gasteiger charge is 2.17. The number of rotatable bonds is 8. The van der Waals surface area contributed by atoms with E-state index in [2.05, 4.69) is 10.6 Å². The molecular formula is C24H29N3O5. The number of hydrogen-bond acceptors (Lipinski definition) is 5. The van der Waals surface area contributed by atoms with Crippen molar-refractivity contribution >= 4 is 29.4 Å². The van der Waals surface area contributed by atoms with Crippen LogP contribution in [-0.2, 0) is 19.1 Å². The molecule has 0 aromatic heterocycles. The van der Waals surface area contributed by atoms with E-state index in [1.807, 2.05) is 52.0 Å². The zero-order valence-electron chi connectivity index (χ0n) is 19.1. The maximum Gasteiger partial charge on any atom is 0.325 e. The molecule has 0 aliphatic carbocycles. The second kappa shape index (κ2) is 11.1. The lowest BCUT2D eigenvalue weighted by atomic mass is 10.1. The first-order valence-corrected chi connectivity index (χ1v) is 10.2. The SMILES string of the molecule is Cc1cc(C)cc(C(=O)NCC(=O)OCC(=O)N(C)CC(=O)Nc2c(C)cccc2C)c1. The second-order valence-corrected chi connectivity index (χ2v) is 7.78. The van der Waals surface area contributed by atoms with Gasteiger partial charge < -0.3 is 20.3 Å². The molecule has 8 heteroatoms. The number of aryl methyl sites for hydroxylation is 4. The standard InChI is InChI=1S/C24H29N3O5/c1-15-9-16(2)11-19(10-15)24(31)25-12-22(30)32-14-21(29)27(5)13-20(28)26-23-17(3)7-6-8-18(23)4/h6-11H,12-14H2,1-5H3,(H,25,31)(H,26,28). The van der Waals surface area contributed by atoms with Crippen LogP contribution in [0.1, 0.15) is 32.6 Å². The lowest BCUT2D eigenvalue weighted by Crippen LogP contribution is -2.38. The Balaban J connectivity index is 1.76. The van der Waals surface area contributed by atoms with E-state index in [9.17, 15) is 19.2 Å². The number of hydrogen-bond donors (Lipinski definition) is 2. The minimum absolute atomic E-state index is 0.187. The Hall–Kier alpha value is -3.68. The molecule has 8 nitrogen and oxygen atoms in total. The van der Waals surface area contributed by atoms with E-state index in [4.69, 9.17) is 4.74 Å². The largest absolute Gasteiger partial charge is 0.454 e. The molecule has 0 heterocycles. The van der Waals surface area contributed by atoms with Gasteiger partial charge in [-0.1, -0.05) is 35.4 Å². The van der Waals surface area contributed by atoms with Crippen LogP contribution in [0.4, 0.5) is 5.69 Å². The quantitative estimate of drug-likeness (QED) is 0.614. The smallest absolute Gasteiger partial charge is 0.325 e. The van der Waals surface area contributed by atoms with Gasteiger partial charge in [0.25, 0.3) is 11.8 Å². The summed E-state index contributed by atoms with van der Waals surface area (Å²) >= 11 is 0. The van der Waals surface area contributed by atoms with Crippen molar-refractivity contribution < 1.29 is 23.9 Å². The topological polar surface area (TPSA) is 105 Å². The van der Waals surface area contributed by atoms with Gasteiger partial charge in [-0.25, -0.2) is 0 Å². The van der Waals surface area contributed by atoms with Crippen LogP contribution >= 0.6 is 0 Å². The van der Waals surface area contributed by atoms with Crippen LogP contribution in [0, 0.1) is 27.7 Å². The number of esters is 1. The van der Waals surface area contributed by atoms with Crippen molar-refractivity contribution in [2.45, 2.75) is 27.7 Å². The average molecular weight is 440 g/mol. The number of carbonyl (C=O) groups is 4. The normalized spacial score (nSPS) is 10.3. The van der Waals surface area contributed by atoms with Gasteiger partial charge in [0.2, 0.25) is 5.91 Å². The number of ether oxygens (including phenoxy) is 1. The zero-order chi connectivity index (χ0) is 23.8. The van der Waals surface area contributed by atoms with Crippen LogP contribution in [0.3, 0.4) is 0 Å². The van der Waals surface area contributed by atoms with Crippen molar-refractivity contribution in [3.8, 4) is 0 Å². The molecular weight excluding hydrogens is 410 g/mol. The number of para-hydroxylation sites is 1. The molecule has 2 aromatic rings. The Morgan fingerprint density at radius 1 is 0.938 bits per heavy atom. The van der Waals surface area contributed by atoms with Crippen molar-refractivity contribution in [2.75, 3.05) is 32.1 Å². The van der Waals surface area contributed by atoms with Gasteiger partial charge in [-0.05, 0) is 51.0 Å². The van der Waals surface area contributed by atoms with E-state index in [0.29, 0.717) is 11.3 Å². The van der Waals surface area contributed by atoms with Crippen molar-refractivity contribution in [3.05, 3.63) is 64.2 Å². The lowest BCUT2D eigenvalue weighted by Gasteiger charge is -2.18. The Morgan fingerprint density at radius 3 is 2.12 bits per heavy atom. The molecule has 0 unspecified atom stereocenters. The Morgan fingerprint density at radius 2 is 1.53 bits per heavy atom. The molecule has 2 N–H and O–H groups in total. The molecule has 0 spiro atoms. The molecule has 3 amide bonds. The molecule has 0 aliphatic heterocycles. The molecule has 0 bridgehead atoms. The third-order valence-electron chi connectivity index (χ3n) is 4.79. The Kier molecular flexibility index (Phi) is 8.52.